The number of benzene rings is 1. The Morgan fingerprint density at radius 3 is 2.91 bits per heavy atom. The van der Waals surface area contributed by atoms with Gasteiger partial charge >= 0.3 is 0 Å². The predicted octanol–water partition coefficient (Wildman–Crippen LogP) is 3.03. The van der Waals surface area contributed by atoms with E-state index >= 15 is 0 Å². The molecule has 4 heteroatoms. The molecule has 0 saturated heterocycles. The zero-order valence-corrected chi connectivity index (χ0v) is 13.1. The molecule has 2 heterocycles. The molecule has 1 aliphatic rings. The Labute approximate surface area is 131 Å². The number of nitrogens with zero attached hydrogens (tertiary/aromatic N) is 4. The van der Waals surface area contributed by atoms with Crippen molar-refractivity contribution in [3.63, 3.8) is 0 Å². The van der Waals surface area contributed by atoms with Crippen LogP contribution in [0.25, 0.3) is 0 Å². The maximum absolute atomic E-state index is 9.20. The first kappa shape index (κ1) is 14.7. The highest BCUT2D eigenvalue weighted by atomic mass is 15.1. The van der Waals surface area contributed by atoms with Gasteiger partial charge in [0.1, 0.15) is 5.82 Å². The lowest BCUT2D eigenvalue weighted by Crippen LogP contribution is -2.31. The molecule has 112 valence electrons. The van der Waals surface area contributed by atoms with Crippen molar-refractivity contribution in [2.45, 2.75) is 39.3 Å². The van der Waals surface area contributed by atoms with Gasteiger partial charge in [0.05, 0.1) is 11.6 Å². The van der Waals surface area contributed by atoms with Gasteiger partial charge in [-0.1, -0.05) is 32.0 Å². The number of aromatic nitrogens is 2. The largest absolute Gasteiger partial charge is 0.294 e. The summed E-state index contributed by atoms with van der Waals surface area (Å²) in [5.74, 6) is 1.30. The Morgan fingerprint density at radius 1 is 1.32 bits per heavy atom. The first-order chi connectivity index (χ1) is 10.7. The first-order valence-electron chi connectivity index (χ1n) is 7.72. The second-order valence-electron chi connectivity index (χ2n) is 6.08. The SMILES string of the molecule is CC(C)c1ncc2c(n1)CCN(Cc1ccccc1C#N)C2. The van der Waals surface area contributed by atoms with Crippen molar-refractivity contribution in [2.75, 3.05) is 6.54 Å². The van der Waals surface area contributed by atoms with E-state index in [0.29, 0.717) is 5.92 Å². The van der Waals surface area contributed by atoms with Gasteiger partial charge in [-0.15, -0.1) is 0 Å². The van der Waals surface area contributed by atoms with Crippen LogP contribution in [0, 0.1) is 11.3 Å². The molecule has 22 heavy (non-hydrogen) atoms. The second kappa shape index (κ2) is 6.25. The maximum Gasteiger partial charge on any atom is 0.131 e. The summed E-state index contributed by atoms with van der Waals surface area (Å²) in [6.45, 7) is 6.87. The lowest BCUT2D eigenvalue weighted by atomic mass is 10.0. The van der Waals surface area contributed by atoms with Crippen LogP contribution in [0.4, 0.5) is 0 Å². The van der Waals surface area contributed by atoms with E-state index in [0.717, 1.165) is 43.0 Å². The van der Waals surface area contributed by atoms with E-state index in [1.807, 2.05) is 30.5 Å². The summed E-state index contributed by atoms with van der Waals surface area (Å²) < 4.78 is 0. The summed E-state index contributed by atoms with van der Waals surface area (Å²) in [5.41, 5.74) is 4.25. The van der Waals surface area contributed by atoms with Crippen molar-refractivity contribution in [2.24, 2.45) is 0 Å². The molecule has 0 aliphatic carbocycles. The first-order valence-corrected chi connectivity index (χ1v) is 7.72. The van der Waals surface area contributed by atoms with Crippen molar-refractivity contribution in [1.29, 1.82) is 5.26 Å². The van der Waals surface area contributed by atoms with Gasteiger partial charge in [-0.05, 0) is 11.6 Å². The number of hydrogen-bond acceptors (Lipinski definition) is 4. The molecule has 0 amide bonds. The maximum atomic E-state index is 9.20. The Morgan fingerprint density at radius 2 is 2.14 bits per heavy atom. The lowest BCUT2D eigenvalue weighted by Gasteiger charge is -2.28. The van der Waals surface area contributed by atoms with Gasteiger partial charge in [0, 0.05) is 49.4 Å². The van der Waals surface area contributed by atoms with Gasteiger partial charge in [-0.25, -0.2) is 9.97 Å². The van der Waals surface area contributed by atoms with E-state index in [4.69, 9.17) is 4.98 Å². The normalized spacial score (nSPS) is 14.6. The standard InChI is InChI=1S/C18H20N4/c1-13(2)18-20-10-16-12-22(8-7-17(16)21-18)11-15-6-4-3-5-14(15)9-19/h3-6,10,13H,7-8,11-12H2,1-2H3. The summed E-state index contributed by atoms with van der Waals surface area (Å²) >= 11 is 0. The summed E-state index contributed by atoms with van der Waals surface area (Å²) in [7, 11) is 0. The predicted molar refractivity (Wildman–Crippen MR) is 85.1 cm³/mol. The Hall–Kier alpha value is -2.25. The van der Waals surface area contributed by atoms with Crippen LogP contribution in [0.15, 0.2) is 30.5 Å². The highest BCUT2D eigenvalue weighted by molar-refractivity contribution is 5.37. The molecule has 1 aliphatic heterocycles. The molecule has 0 radical (unpaired) electrons. The van der Waals surface area contributed by atoms with Crippen LogP contribution in [0.1, 0.15) is 48.0 Å². The average molecular weight is 292 g/mol. The van der Waals surface area contributed by atoms with Crippen LogP contribution in [-0.4, -0.2) is 21.4 Å². The smallest absolute Gasteiger partial charge is 0.131 e. The molecule has 1 aromatic heterocycles. The fraction of sp³-hybridized carbons (Fsp3) is 0.389. The fourth-order valence-electron chi connectivity index (χ4n) is 2.81. The van der Waals surface area contributed by atoms with Crippen LogP contribution >= 0.6 is 0 Å². The van der Waals surface area contributed by atoms with Gasteiger partial charge in [0.25, 0.3) is 0 Å². The van der Waals surface area contributed by atoms with Crippen LogP contribution in [0.3, 0.4) is 0 Å². The second-order valence-corrected chi connectivity index (χ2v) is 6.08. The lowest BCUT2D eigenvalue weighted by molar-refractivity contribution is 0.242. The van der Waals surface area contributed by atoms with Crippen molar-refractivity contribution < 1.29 is 0 Å². The van der Waals surface area contributed by atoms with Crippen LogP contribution in [0.5, 0.6) is 0 Å². The van der Waals surface area contributed by atoms with E-state index in [-0.39, 0.29) is 0 Å². The molecule has 2 aromatic rings. The highest BCUT2D eigenvalue weighted by Crippen LogP contribution is 2.21. The van der Waals surface area contributed by atoms with Crippen LogP contribution in [-0.2, 0) is 19.5 Å². The van der Waals surface area contributed by atoms with E-state index in [2.05, 4.69) is 29.8 Å². The third kappa shape index (κ3) is 3.00. The topological polar surface area (TPSA) is 52.8 Å². The molecular weight excluding hydrogens is 272 g/mol. The molecule has 3 rings (SSSR count). The molecule has 0 N–H and O–H groups in total. The molecule has 4 nitrogen and oxygen atoms in total. The van der Waals surface area contributed by atoms with E-state index in [9.17, 15) is 5.26 Å². The minimum absolute atomic E-state index is 0.367. The third-order valence-corrected chi connectivity index (χ3v) is 4.08. The van der Waals surface area contributed by atoms with Crippen LogP contribution < -0.4 is 0 Å². The quantitative estimate of drug-likeness (QED) is 0.872. The van der Waals surface area contributed by atoms with Gasteiger partial charge in [-0.3, -0.25) is 4.90 Å². The summed E-state index contributed by atoms with van der Waals surface area (Å²) in [4.78, 5) is 11.5. The zero-order chi connectivity index (χ0) is 15.5. The molecule has 0 saturated carbocycles. The van der Waals surface area contributed by atoms with Crippen molar-refractivity contribution in [3.05, 3.63) is 58.7 Å². The molecule has 0 atom stereocenters. The molecule has 0 unspecified atom stereocenters. The number of hydrogen-bond donors (Lipinski definition) is 0. The molecule has 0 bridgehead atoms. The number of nitriles is 1. The van der Waals surface area contributed by atoms with Crippen molar-refractivity contribution in [1.82, 2.24) is 14.9 Å². The van der Waals surface area contributed by atoms with E-state index in [1.54, 1.807) is 0 Å². The van der Waals surface area contributed by atoms with Crippen LogP contribution in [0.2, 0.25) is 0 Å². The van der Waals surface area contributed by atoms with Gasteiger partial charge in [0.15, 0.2) is 0 Å². The molecule has 0 fully saturated rings. The Kier molecular flexibility index (Phi) is 4.17. The van der Waals surface area contributed by atoms with Crippen molar-refractivity contribution >= 4 is 0 Å². The Bertz CT molecular complexity index is 715. The third-order valence-electron chi connectivity index (χ3n) is 4.08. The monoisotopic (exact) mass is 292 g/mol. The van der Waals surface area contributed by atoms with Gasteiger partial charge in [-0.2, -0.15) is 5.26 Å². The fourth-order valence-corrected chi connectivity index (χ4v) is 2.81. The summed E-state index contributed by atoms with van der Waals surface area (Å²) in [5, 5.41) is 9.20. The van der Waals surface area contributed by atoms with E-state index in [1.165, 1.54) is 11.3 Å². The molecule has 1 aromatic carbocycles. The minimum atomic E-state index is 0.367. The molecular formula is C18H20N4. The number of rotatable bonds is 3. The van der Waals surface area contributed by atoms with Crippen molar-refractivity contribution in [3.8, 4) is 6.07 Å². The summed E-state index contributed by atoms with van der Waals surface area (Å²) in [6.07, 6.45) is 2.92. The van der Waals surface area contributed by atoms with Gasteiger partial charge < -0.3 is 0 Å². The number of fused-ring (bicyclic) bond motifs is 1. The van der Waals surface area contributed by atoms with Gasteiger partial charge in [0.2, 0.25) is 0 Å². The highest BCUT2D eigenvalue weighted by Gasteiger charge is 2.19. The Balaban J connectivity index is 1.76. The zero-order valence-electron chi connectivity index (χ0n) is 13.1. The summed E-state index contributed by atoms with van der Waals surface area (Å²) in [6, 6.07) is 10.1. The molecule has 0 spiro atoms. The average Bonchev–Trinajstić information content (AvgIpc) is 2.54. The minimum Gasteiger partial charge on any atom is -0.294 e. The van der Waals surface area contributed by atoms with E-state index < -0.39 is 0 Å².